The van der Waals surface area contributed by atoms with Gasteiger partial charge in [-0.3, -0.25) is 14.4 Å². The van der Waals surface area contributed by atoms with Crippen molar-refractivity contribution in [2.24, 2.45) is 5.92 Å². The fourth-order valence-corrected chi connectivity index (χ4v) is 7.69. The van der Waals surface area contributed by atoms with Crippen LogP contribution in [0.2, 0.25) is 0 Å². The molecule has 0 bridgehead atoms. The van der Waals surface area contributed by atoms with E-state index in [1.54, 1.807) is 0 Å². The zero-order valence-corrected chi connectivity index (χ0v) is 38.8. The predicted octanol–water partition coefficient (Wildman–Crippen LogP) is 16.3. The maximum Gasteiger partial charge on any atom is 0.306 e. The Morgan fingerprint density at radius 1 is 0.333 bits per heavy atom. The number of carbonyl (C=O) groups excluding carboxylic acids is 3. The highest BCUT2D eigenvalue weighted by molar-refractivity contribution is 5.71. The predicted molar refractivity (Wildman–Crippen MR) is 243 cm³/mol. The maximum atomic E-state index is 12.7. The molecule has 1 atom stereocenters. The molecular weight excluding hydrogens is 709 g/mol. The van der Waals surface area contributed by atoms with Gasteiger partial charge in [-0.1, -0.05) is 246 Å². The molecular formula is C51H98O6. The van der Waals surface area contributed by atoms with Gasteiger partial charge in [0.1, 0.15) is 13.2 Å². The summed E-state index contributed by atoms with van der Waals surface area (Å²) in [5, 5.41) is 0. The van der Waals surface area contributed by atoms with Crippen molar-refractivity contribution in [3.8, 4) is 0 Å². The van der Waals surface area contributed by atoms with E-state index < -0.39 is 6.10 Å². The van der Waals surface area contributed by atoms with E-state index in [4.69, 9.17) is 14.2 Å². The third-order valence-corrected chi connectivity index (χ3v) is 11.5. The summed E-state index contributed by atoms with van der Waals surface area (Å²) in [7, 11) is 0. The van der Waals surface area contributed by atoms with Crippen LogP contribution >= 0.6 is 0 Å². The summed E-state index contributed by atoms with van der Waals surface area (Å²) in [5.41, 5.74) is 0. The Kier molecular flexibility index (Phi) is 44.2. The first-order chi connectivity index (χ1) is 27.9. The van der Waals surface area contributed by atoms with Gasteiger partial charge in [-0.25, -0.2) is 0 Å². The Hall–Kier alpha value is -1.59. The van der Waals surface area contributed by atoms with E-state index in [2.05, 4.69) is 27.7 Å². The van der Waals surface area contributed by atoms with Crippen LogP contribution in [0.15, 0.2) is 0 Å². The summed E-state index contributed by atoms with van der Waals surface area (Å²) in [5.74, 6) is -0.0382. The molecule has 0 fully saturated rings. The van der Waals surface area contributed by atoms with Crippen molar-refractivity contribution >= 4 is 17.9 Å². The zero-order chi connectivity index (χ0) is 41.7. The number of hydrogen-bond acceptors (Lipinski definition) is 6. The number of esters is 3. The van der Waals surface area contributed by atoms with E-state index in [0.29, 0.717) is 19.3 Å². The molecule has 0 aliphatic carbocycles. The largest absolute Gasteiger partial charge is 0.462 e. The van der Waals surface area contributed by atoms with E-state index in [-0.39, 0.29) is 31.1 Å². The Labute approximate surface area is 355 Å². The lowest BCUT2D eigenvalue weighted by Gasteiger charge is -2.18. The van der Waals surface area contributed by atoms with Crippen LogP contribution in [0.3, 0.4) is 0 Å². The van der Waals surface area contributed by atoms with Gasteiger partial charge in [0.05, 0.1) is 0 Å². The van der Waals surface area contributed by atoms with Gasteiger partial charge < -0.3 is 14.2 Å². The van der Waals surface area contributed by atoms with Gasteiger partial charge >= 0.3 is 17.9 Å². The summed E-state index contributed by atoms with van der Waals surface area (Å²) < 4.78 is 16.7. The molecule has 0 radical (unpaired) electrons. The van der Waals surface area contributed by atoms with E-state index in [1.807, 2.05) is 0 Å². The highest BCUT2D eigenvalue weighted by atomic mass is 16.6. The van der Waals surface area contributed by atoms with Crippen molar-refractivity contribution in [1.82, 2.24) is 0 Å². The van der Waals surface area contributed by atoms with Crippen molar-refractivity contribution in [2.75, 3.05) is 13.2 Å². The molecule has 0 amide bonds. The lowest BCUT2D eigenvalue weighted by atomic mass is 10.0. The molecule has 338 valence electrons. The van der Waals surface area contributed by atoms with E-state index in [1.165, 1.54) is 180 Å². The monoisotopic (exact) mass is 807 g/mol. The molecule has 0 heterocycles. The molecule has 6 heteroatoms. The van der Waals surface area contributed by atoms with Gasteiger partial charge in [0.25, 0.3) is 0 Å². The van der Waals surface area contributed by atoms with Crippen molar-refractivity contribution in [3.05, 3.63) is 0 Å². The molecule has 0 aromatic heterocycles. The molecule has 0 saturated carbocycles. The van der Waals surface area contributed by atoms with E-state index in [0.717, 1.165) is 63.7 Å². The summed E-state index contributed by atoms with van der Waals surface area (Å²) in [6.07, 6.45) is 46.8. The molecule has 57 heavy (non-hydrogen) atoms. The van der Waals surface area contributed by atoms with Gasteiger partial charge in [-0.05, 0) is 25.2 Å². The first kappa shape index (κ1) is 55.4. The molecule has 0 aliphatic heterocycles. The number of hydrogen-bond donors (Lipinski definition) is 0. The first-order valence-corrected chi connectivity index (χ1v) is 25.4. The first-order valence-electron chi connectivity index (χ1n) is 25.4. The second kappa shape index (κ2) is 45.5. The maximum absolute atomic E-state index is 12.7. The van der Waals surface area contributed by atoms with Gasteiger partial charge in [-0.15, -0.1) is 0 Å². The standard InChI is InChI=1S/C51H98O6/c1-5-7-9-11-13-14-15-16-17-18-19-20-21-22-23-27-31-35-39-43-50(53)56-46-48(45-55-49(52)42-38-34-29-12-10-8-6-2)57-51(54)44-40-36-32-28-25-24-26-30-33-37-41-47(3)4/h47-48H,5-46H2,1-4H3/t48-/m0/s1. The van der Waals surface area contributed by atoms with E-state index in [9.17, 15) is 14.4 Å². The average molecular weight is 807 g/mol. The average Bonchev–Trinajstić information content (AvgIpc) is 3.19. The number of carbonyl (C=O) groups is 3. The van der Waals surface area contributed by atoms with Crippen LogP contribution in [0.25, 0.3) is 0 Å². The Morgan fingerprint density at radius 3 is 0.860 bits per heavy atom. The molecule has 6 nitrogen and oxygen atoms in total. The third kappa shape index (κ3) is 45.3. The molecule has 0 spiro atoms. The van der Waals surface area contributed by atoms with Crippen molar-refractivity contribution in [2.45, 2.75) is 291 Å². The van der Waals surface area contributed by atoms with Crippen molar-refractivity contribution in [1.29, 1.82) is 0 Å². The second-order valence-electron chi connectivity index (χ2n) is 17.9. The molecule has 0 N–H and O–H groups in total. The van der Waals surface area contributed by atoms with Crippen LogP contribution in [0.1, 0.15) is 285 Å². The smallest absolute Gasteiger partial charge is 0.306 e. The third-order valence-electron chi connectivity index (χ3n) is 11.5. The van der Waals surface area contributed by atoms with Gasteiger partial charge in [0.15, 0.2) is 6.10 Å². The SMILES string of the molecule is CCCCCCCCCCCCCCCCCCCCCC(=O)OC[C@H](COC(=O)CCCCCCCCC)OC(=O)CCCCCCCCCCCCC(C)C. The van der Waals surface area contributed by atoms with Crippen LogP contribution in [0.5, 0.6) is 0 Å². The van der Waals surface area contributed by atoms with Crippen LogP contribution in [-0.4, -0.2) is 37.2 Å². The molecule has 0 aromatic carbocycles. The minimum absolute atomic E-state index is 0.0636. The Balaban J connectivity index is 4.17. The van der Waals surface area contributed by atoms with Gasteiger partial charge in [0.2, 0.25) is 0 Å². The molecule has 0 aliphatic rings. The van der Waals surface area contributed by atoms with E-state index >= 15 is 0 Å². The minimum Gasteiger partial charge on any atom is -0.462 e. The summed E-state index contributed by atoms with van der Waals surface area (Å²) in [4.78, 5) is 37.7. The van der Waals surface area contributed by atoms with Crippen LogP contribution in [0, 0.1) is 5.92 Å². The normalized spacial score (nSPS) is 11.9. The molecule has 0 aromatic rings. The van der Waals surface area contributed by atoms with Gasteiger partial charge in [0, 0.05) is 19.3 Å². The summed E-state index contributed by atoms with van der Waals surface area (Å²) >= 11 is 0. The number of ether oxygens (including phenoxy) is 3. The van der Waals surface area contributed by atoms with Crippen LogP contribution < -0.4 is 0 Å². The zero-order valence-electron chi connectivity index (χ0n) is 38.8. The van der Waals surface area contributed by atoms with Crippen molar-refractivity contribution in [3.63, 3.8) is 0 Å². The number of rotatable bonds is 46. The van der Waals surface area contributed by atoms with Gasteiger partial charge in [-0.2, -0.15) is 0 Å². The minimum atomic E-state index is -0.759. The highest BCUT2D eigenvalue weighted by Crippen LogP contribution is 2.17. The Bertz CT molecular complexity index is 857. The lowest BCUT2D eigenvalue weighted by Crippen LogP contribution is -2.30. The summed E-state index contributed by atoms with van der Waals surface area (Å²) in [6, 6.07) is 0. The number of unbranched alkanes of at least 4 members (excludes halogenated alkanes) is 33. The molecule has 0 rings (SSSR count). The van der Waals surface area contributed by atoms with Crippen LogP contribution in [0.4, 0.5) is 0 Å². The lowest BCUT2D eigenvalue weighted by molar-refractivity contribution is -0.167. The second-order valence-corrected chi connectivity index (χ2v) is 17.9. The molecule has 0 saturated heterocycles. The molecule has 0 unspecified atom stereocenters. The fraction of sp³-hybridized carbons (Fsp3) is 0.941. The van der Waals surface area contributed by atoms with Crippen molar-refractivity contribution < 1.29 is 28.6 Å². The quantitative estimate of drug-likeness (QED) is 0.0346. The highest BCUT2D eigenvalue weighted by Gasteiger charge is 2.19. The topological polar surface area (TPSA) is 78.9 Å². The van der Waals surface area contributed by atoms with Crippen LogP contribution in [-0.2, 0) is 28.6 Å². The summed E-state index contributed by atoms with van der Waals surface area (Å²) in [6.45, 7) is 8.97. The Morgan fingerprint density at radius 2 is 0.579 bits per heavy atom. The fourth-order valence-electron chi connectivity index (χ4n) is 7.69.